The lowest BCUT2D eigenvalue weighted by molar-refractivity contribution is -0.114. The Hall–Kier alpha value is -2.09. The number of piperidine rings is 1. The highest BCUT2D eigenvalue weighted by Crippen LogP contribution is 2.37. The molecule has 2 atom stereocenters. The smallest absolute Gasteiger partial charge is 0.255 e. The van der Waals surface area contributed by atoms with Gasteiger partial charge in [-0.2, -0.15) is 0 Å². The summed E-state index contributed by atoms with van der Waals surface area (Å²) in [6.45, 7) is 2.42. The highest BCUT2D eigenvalue weighted by atomic mass is 79.9. The quantitative estimate of drug-likeness (QED) is 0.574. The summed E-state index contributed by atoms with van der Waals surface area (Å²) in [7, 11) is 1.53. The lowest BCUT2D eigenvalue weighted by atomic mass is 9.96. The number of nitrogens with one attached hydrogen (secondary N) is 2. The van der Waals surface area contributed by atoms with Crippen LogP contribution in [0.4, 0.5) is 5.69 Å². The molecule has 172 valence electrons. The maximum absolute atomic E-state index is 13.1. The number of amides is 2. The number of methoxy groups -OCH3 is 1. The molecule has 2 fully saturated rings. The third-order valence-corrected chi connectivity index (χ3v) is 6.93. The summed E-state index contributed by atoms with van der Waals surface area (Å²) in [4.78, 5) is 27.1. The third-order valence-electron chi connectivity index (χ3n) is 6.27. The van der Waals surface area contributed by atoms with Gasteiger partial charge in [0.05, 0.1) is 18.4 Å². The van der Waals surface area contributed by atoms with Crippen LogP contribution in [0.2, 0.25) is 0 Å². The second-order valence-electron chi connectivity index (χ2n) is 8.40. The van der Waals surface area contributed by atoms with Gasteiger partial charge in [-0.1, -0.05) is 30.3 Å². The first-order chi connectivity index (χ1) is 14.9. The number of anilines is 1. The van der Waals surface area contributed by atoms with E-state index in [1.54, 1.807) is 12.1 Å². The molecule has 32 heavy (non-hydrogen) atoms. The highest BCUT2D eigenvalue weighted by Gasteiger charge is 2.41. The molecule has 2 N–H and O–H groups in total. The first-order valence-corrected chi connectivity index (χ1v) is 11.5. The molecule has 2 aromatic rings. The van der Waals surface area contributed by atoms with Crippen LogP contribution in [0.3, 0.4) is 0 Å². The van der Waals surface area contributed by atoms with Crippen molar-refractivity contribution in [1.82, 2.24) is 10.2 Å². The van der Waals surface area contributed by atoms with Crippen LogP contribution in [-0.4, -0.2) is 41.9 Å². The van der Waals surface area contributed by atoms with Gasteiger partial charge in [0.1, 0.15) is 5.75 Å². The molecule has 2 heterocycles. The summed E-state index contributed by atoms with van der Waals surface area (Å²) in [5, 5.41) is 5.97. The molecule has 8 heteroatoms. The number of hydrogen-bond acceptors (Lipinski definition) is 4. The maximum Gasteiger partial charge on any atom is 0.255 e. The molecule has 6 nitrogen and oxygen atoms in total. The molecule has 0 aliphatic carbocycles. The Morgan fingerprint density at radius 2 is 1.78 bits per heavy atom. The molecule has 2 aliphatic heterocycles. The first-order valence-electron chi connectivity index (χ1n) is 10.7. The second kappa shape index (κ2) is 10.7. The number of fused-ring (bicyclic) bond motifs is 2. The molecule has 0 aromatic heterocycles. The molecule has 2 saturated heterocycles. The van der Waals surface area contributed by atoms with Gasteiger partial charge in [-0.05, 0) is 53.2 Å². The zero-order chi connectivity index (χ0) is 22.0. The number of carbonyl (C=O) groups is 2. The number of halogens is 2. The normalized spacial score (nSPS) is 22.0. The van der Waals surface area contributed by atoms with E-state index in [1.165, 1.54) is 32.4 Å². The van der Waals surface area contributed by atoms with E-state index in [4.69, 9.17) is 4.74 Å². The van der Waals surface area contributed by atoms with Crippen LogP contribution in [0.5, 0.6) is 5.75 Å². The number of nitrogens with zero attached hydrogens (tertiary/aromatic N) is 1. The monoisotopic (exact) mass is 521 g/mol. The summed E-state index contributed by atoms with van der Waals surface area (Å²) >= 11 is 3.44. The van der Waals surface area contributed by atoms with Crippen molar-refractivity contribution in [2.75, 3.05) is 12.4 Å². The number of carbonyl (C=O) groups excluding carboxylic acids is 2. The summed E-state index contributed by atoms with van der Waals surface area (Å²) in [5.41, 5.74) is 2.38. The van der Waals surface area contributed by atoms with Crippen molar-refractivity contribution < 1.29 is 14.3 Å². The molecule has 0 radical (unpaired) electrons. The van der Waals surface area contributed by atoms with E-state index in [1.807, 2.05) is 0 Å². The summed E-state index contributed by atoms with van der Waals surface area (Å²) in [6.07, 6.45) is 4.29. The van der Waals surface area contributed by atoms with Crippen LogP contribution >= 0.6 is 28.3 Å². The Morgan fingerprint density at radius 3 is 2.38 bits per heavy atom. The van der Waals surface area contributed by atoms with Crippen molar-refractivity contribution in [2.24, 2.45) is 0 Å². The van der Waals surface area contributed by atoms with Crippen molar-refractivity contribution in [3.8, 4) is 5.75 Å². The lowest BCUT2D eigenvalue weighted by Crippen LogP contribution is -2.50. The predicted octanol–water partition coefficient (Wildman–Crippen LogP) is 4.76. The van der Waals surface area contributed by atoms with Crippen LogP contribution in [0, 0.1) is 0 Å². The Bertz CT molecular complexity index is 958. The van der Waals surface area contributed by atoms with Crippen LogP contribution in [0.15, 0.2) is 46.9 Å². The van der Waals surface area contributed by atoms with Crippen LogP contribution in [0.25, 0.3) is 0 Å². The standard InChI is InChI=1S/C24H28BrN3O3.ClH/c1-15(29)26-22-13-23(31-2)20(12-21(22)25)24(30)27-17-10-18-8-9-19(11-17)28(18)14-16-6-4-3-5-7-16;/h3-7,12-13,17-19H,8-11,14H2,1-2H3,(H,26,29)(H,27,30);1H. The average Bonchev–Trinajstić information content (AvgIpc) is 2.97. The molecule has 0 spiro atoms. The highest BCUT2D eigenvalue weighted by molar-refractivity contribution is 9.10. The van der Waals surface area contributed by atoms with Gasteiger partial charge in [-0.3, -0.25) is 14.5 Å². The summed E-state index contributed by atoms with van der Waals surface area (Å²) in [5.74, 6) is 0.111. The number of ether oxygens (including phenoxy) is 1. The van der Waals surface area contributed by atoms with Crippen molar-refractivity contribution >= 4 is 45.8 Å². The Morgan fingerprint density at radius 1 is 1.12 bits per heavy atom. The molecule has 4 rings (SSSR count). The molecule has 2 unspecified atom stereocenters. The first kappa shape index (κ1) is 24.6. The van der Waals surface area contributed by atoms with Gasteiger partial charge in [-0.15, -0.1) is 12.4 Å². The van der Waals surface area contributed by atoms with E-state index in [2.05, 4.69) is 61.8 Å². The topological polar surface area (TPSA) is 70.7 Å². The predicted molar refractivity (Wildman–Crippen MR) is 132 cm³/mol. The van der Waals surface area contributed by atoms with Gasteiger partial charge in [0.2, 0.25) is 5.91 Å². The van der Waals surface area contributed by atoms with Gasteiger partial charge < -0.3 is 15.4 Å². The van der Waals surface area contributed by atoms with Gasteiger partial charge in [-0.25, -0.2) is 0 Å². The fourth-order valence-electron chi connectivity index (χ4n) is 4.89. The van der Waals surface area contributed by atoms with Gasteiger partial charge in [0, 0.05) is 42.1 Å². The molecule has 0 saturated carbocycles. The van der Waals surface area contributed by atoms with Crippen molar-refractivity contribution in [3.63, 3.8) is 0 Å². The van der Waals surface area contributed by atoms with Crippen molar-refractivity contribution in [1.29, 1.82) is 0 Å². The van der Waals surface area contributed by atoms with Crippen molar-refractivity contribution in [2.45, 2.75) is 57.3 Å². The minimum Gasteiger partial charge on any atom is -0.496 e. The fraction of sp³-hybridized carbons (Fsp3) is 0.417. The Balaban J connectivity index is 0.00000289. The SMILES string of the molecule is COc1cc(NC(C)=O)c(Br)cc1C(=O)NC1CC2CCC(C1)N2Cc1ccccc1.Cl. The van der Waals surface area contributed by atoms with Crippen LogP contribution in [0.1, 0.15) is 48.5 Å². The molecular weight excluding hydrogens is 494 g/mol. The van der Waals surface area contributed by atoms with Gasteiger partial charge in [0.15, 0.2) is 0 Å². The van der Waals surface area contributed by atoms with Crippen LogP contribution < -0.4 is 15.4 Å². The average molecular weight is 523 g/mol. The van der Waals surface area contributed by atoms with E-state index in [0.29, 0.717) is 33.6 Å². The zero-order valence-electron chi connectivity index (χ0n) is 18.3. The van der Waals surface area contributed by atoms with E-state index in [0.717, 1.165) is 19.4 Å². The molecular formula is C24H29BrClN3O3. The minimum atomic E-state index is -0.183. The van der Waals surface area contributed by atoms with Gasteiger partial charge >= 0.3 is 0 Å². The second-order valence-corrected chi connectivity index (χ2v) is 9.25. The minimum absolute atomic E-state index is 0. The van der Waals surface area contributed by atoms with E-state index >= 15 is 0 Å². The number of benzene rings is 2. The number of rotatable bonds is 6. The zero-order valence-corrected chi connectivity index (χ0v) is 20.7. The largest absolute Gasteiger partial charge is 0.496 e. The van der Waals surface area contributed by atoms with Crippen molar-refractivity contribution in [3.05, 3.63) is 58.1 Å². The van der Waals surface area contributed by atoms with Crippen LogP contribution in [-0.2, 0) is 11.3 Å². The molecule has 2 aromatic carbocycles. The number of hydrogen-bond donors (Lipinski definition) is 2. The Labute approximate surface area is 203 Å². The van der Waals surface area contributed by atoms with E-state index < -0.39 is 0 Å². The van der Waals surface area contributed by atoms with E-state index in [9.17, 15) is 9.59 Å². The fourth-order valence-corrected chi connectivity index (χ4v) is 5.34. The third kappa shape index (κ3) is 5.45. The van der Waals surface area contributed by atoms with Gasteiger partial charge in [0.25, 0.3) is 5.91 Å². The summed E-state index contributed by atoms with van der Waals surface area (Å²) < 4.78 is 6.07. The summed E-state index contributed by atoms with van der Waals surface area (Å²) in [6, 6.07) is 15.1. The molecule has 2 bridgehead atoms. The van der Waals surface area contributed by atoms with E-state index in [-0.39, 0.29) is 30.3 Å². The lowest BCUT2D eigenvalue weighted by Gasteiger charge is -2.39. The maximum atomic E-state index is 13.1. The molecule has 2 aliphatic rings. The molecule has 2 amide bonds. The Kier molecular flexibility index (Phi) is 8.20.